The van der Waals surface area contributed by atoms with Crippen LogP contribution in [0.2, 0.25) is 0 Å². The average Bonchev–Trinajstić information content (AvgIpc) is 2.70. The van der Waals surface area contributed by atoms with Crippen LogP contribution in [0, 0.1) is 0 Å². The fraction of sp³-hybridized carbons (Fsp3) is 0.769. The maximum absolute atomic E-state index is 5.54. The summed E-state index contributed by atoms with van der Waals surface area (Å²) < 4.78 is 0. The highest BCUT2D eigenvalue weighted by Crippen LogP contribution is 2.23. The van der Waals surface area contributed by atoms with Gasteiger partial charge in [0.05, 0.1) is 5.69 Å². The lowest BCUT2D eigenvalue weighted by Crippen LogP contribution is -2.20. The highest BCUT2D eigenvalue weighted by molar-refractivity contribution is 7.13. The van der Waals surface area contributed by atoms with Crippen LogP contribution in [0.15, 0.2) is 5.38 Å². The first-order valence-electron chi connectivity index (χ1n) is 6.79. The molecule has 1 aliphatic carbocycles. The van der Waals surface area contributed by atoms with Crippen LogP contribution in [-0.2, 0) is 6.42 Å². The van der Waals surface area contributed by atoms with Crippen LogP contribution in [0.5, 0.6) is 0 Å². The normalized spacial score (nSPS) is 18.6. The third-order valence-electron chi connectivity index (χ3n) is 3.38. The summed E-state index contributed by atoms with van der Waals surface area (Å²) in [5.74, 6) is 0. The summed E-state index contributed by atoms with van der Waals surface area (Å²) in [5, 5.41) is 6.80. The first-order chi connectivity index (χ1) is 8.38. The number of nitrogens with two attached hydrogens (primary N) is 1. The number of rotatable bonds is 4. The summed E-state index contributed by atoms with van der Waals surface area (Å²) >= 11 is 1.72. The van der Waals surface area contributed by atoms with E-state index >= 15 is 0 Å². The molecule has 1 heterocycles. The van der Waals surface area contributed by atoms with E-state index in [9.17, 15) is 0 Å². The monoisotopic (exact) mass is 253 g/mol. The van der Waals surface area contributed by atoms with E-state index in [0.717, 1.165) is 17.2 Å². The maximum Gasteiger partial charge on any atom is 0.183 e. The summed E-state index contributed by atoms with van der Waals surface area (Å²) in [6, 6.07) is 0.632. The number of hydrogen-bond donors (Lipinski definition) is 2. The molecule has 0 radical (unpaired) electrons. The zero-order chi connectivity index (χ0) is 11.9. The lowest BCUT2D eigenvalue weighted by molar-refractivity contribution is 0.471. The second-order valence-corrected chi connectivity index (χ2v) is 5.73. The van der Waals surface area contributed by atoms with Crippen LogP contribution in [0.3, 0.4) is 0 Å². The summed E-state index contributed by atoms with van der Waals surface area (Å²) in [6.45, 7) is 0.687. The van der Waals surface area contributed by atoms with E-state index in [1.165, 1.54) is 44.9 Å². The van der Waals surface area contributed by atoms with Gasteiger partial charge in [0, 0.05) is 17.8 Å². The van der Waals surface area contributed by atoms with E-state index in [2.05, 4.69) is 15.7 Å². The Balaban J connectivity index is 1.84. The second kappa shape index (κ2) is 6.97. The smallest absolute Gasteiger partial charge is 0.183 e. The van der Waals surface area contributed by atoms with Gasteiger partial charge in [-0.3, -0.25) is 0 Å². The van der Waals surface area contributed by atoms with Gasteiger partial charge in [-0.2, -0.15) is 0 Å². The van der Waals surface area contributed by atoms with E-state index < -0.39 is 0 Å². The zero-order valence-electron chi connectivity index (χ0n) is 10.5. The molecule has 0 aliphatic heterocycles. The standard InChI is InChI=1S/C13H23N3S/c14-9-8-12-10-17-13(16-12)15-11-6-4-2-1-3-5-7-11/h10-11H,1-9,14H2,(H,15,16). The SMILES string of the molecule is NCCc1csc(NC2CCCCCCC2)n1. The Hall–Kier alpha value is -0.610. The molecule has 3 nitrogen and oxygen atoms in total. The minimum Gasteiger partial charge on any atom is -0.359 e. The Morgan fingerprint density at radius 1 is 1.24 bits per heavy atom. The molecule has 1 aromatic rings. The van der Waals surface area contributed by atoms with Gasteiger partial charge in [-0.1, -0.05) is 32.1 Å². The predicted octanol–water partition coefficient (Wildman–Crippen LogP) is 3.17. The van der Waals surface area contributed by atoms with Crippen LogP contribution < -0.4 is 11.1 Å². The first-order valence-corrected chi connectivity index (χ1v) is 7.67. The van der Waals surface area contributed by atoms with E-state index in [4.69, 9.17) is 5.73 Å². The van der Waals surface area contributed by atoms with Gasteiger partial charge in [-0.25, -0.2) is 4.98 Å². The molecule has 2 rings (SSSR count). The Morgan fingerprint density at radius 2 is 1.94 bits per heavy atom. The van der Waals surface area contributed by atoms with Crippen LogP contribution in [0.1, 0.15) is 50.6 Å². The molecule has 0 amide bonds. The van der Waals surface area contributed by atoms with Gasteiger partial charge in [0.1, 0.15) is 0 Å². The van der Waals surface area contributed by atoms with Crippen molar-refractivity contribution >= 4 is 16.5 Å². The zero-order valence-corrected chi connectivity index (χ0v) is 11.3. The summed E-state index contributed by atoms with van der Waals surface area (Å²) in [4.78, 5) is 4.58. The van der Waals surface area contributed by atoms with Crippen molar-refractivity contribution in [3.8, 4) is 0 Å². The molecule has 4 heteroatoms. The van der Waals surface area contributed by atoms with Crippen LogP contribution >= 0.6 is 11.3 Å². The minimum atomic E-state index is 0.632. The molecule has 0 bridgehead atoms. The van der Waals surface area contributed by atoms with Crippen molar-refractivity contribution in [2.45, 2.75) is 57.4 Å². The summed E-state index contributed by atoms with van der Waals surface area (Å²) in [7, 11) is 0. The molecule has 0 saturated heterocycles. The number of nitrogens with one attached hydrogen (secondary N) is 1. The Labute approximate surface area is 108 Å². The number of nitrogens with zero attached hydrogens (tertiary/aromatic N) is 1. The maximum atomic E-state index is 5.54. The van der Waals surface area contributed by atoms with Crippen molar-refractivity contribution in [1.29, 1.82) is 0 Å². The van der Waals surface area contributed by atoms with Gasteiger partial charge in [-0.05, 0) is 19.4 Å². The van der Waals surface area contributed by atoms with Gasteiger partial charge in [0.25, 0.3) is 0 Å². The second-order valence-electron chi connectivity index (χ2n) is 4.87. The van der Waals surface area contributed by atoms with E-state index in [1.807, 2.05) is 0 Å². The van der Waals surface area contributed by atoms with E-state index in [-0.39, 0.29) is 0 Å². The van der Waals surface area contributed by atoms with Gasteiger partial charge >= 0.3 is 0 Å². The fourth-order valence-electron chi connectivity index (χ4n) is 2.41. The van der Waals surface area contributed by atoms with Gasteiger partial charge < -0.3 is 11.1 Å². The van der Waals surface area contributed by atoms with Crippen LogP contribution in [0.4, 0.5) is 5.13 Å². The molecule has 1 fully saturated rings. The number of aromatic nitrogens is 1. The lowest BCUT2D eigenvalue weighted by atomic mass is 9.97. The van der Waals surface area contributed by atoms with Crippen molar-refractivity contribution < 1.29 is 0 Å². The van der Waals surface area contributed by atoms with E-state index in [1.54, 1.807) is 11.3 Å². The molecular weight excluding hydrogens is 230 g/mol. The molecule has 3 N–H and O–H groups in total. The van der Waals surface area contributed by atoms with Crippen molar-refractivity contribution in [2.24, 2.45) is 5.73 Å². The molecule has 1 aliphatic rings. The molecule has 1 saturated carbocycles. The molecule has 0 atom stereocenters. The van der Waals surface area contributed by atoms with Gasteiger partial charge in [-0.15, -0.1) is 11.3 Å². The van der Waals surface area contributed by atoms with Crippen LogP contribution in [0.25, 0.3) is 0 Å². The summed E-state index contributed by atoms with van der Waals surface area (Å²) in [6.07, 6.45) is 10.4. The molecule has 17 heavy (non-hydrogen) atoms. The summed E-state index contributed by atoms with van der Waals surface area (Å²) in [5.41, 5.74) is 6.67. The fourth-order valence-corrected chi connectivity index (χ4v) is 3.23. The molecule has 0 aromatic carbocycles. The molecule has 96 valence electrons. The quantitative estimate of drug-likeness (QED) is 0.866. The highest BCUT2D eigenvalue weighted by atomic mass is 32.1. The van der Waals surface area contributed by atoms with Crippen molar-refractivity contribution in [3.05, 3.63) is 11.1 Å². The molecule has 0 unspecified atom stereocenters. The Bertz CT molecular complexity index is 316. The third-order valence-corrected chi connectivity index (χ3v) is 4.21. The Kier molecular flexibility index (Phi) is 5.26. The molecular formula is C13H23N3S. The van der Waals surface area contributed by atoms with Crippen molar-refractivity contribution in [1.82, 2.24) is 4.98 Å². The van der Waals surface area contributed by atoms with Crippen molar-refractivity contribution in [2.75, 3.05) is 11.9 Å². The molecule has 1 aromatic heterocycles. The highest BCUT2D eigenvalue weighted by Gasteiger charge is 2.12. The first kappa shape index (κ1) is 12.8. The Morgan fingerprint density at radius 3 is 2.65 bits per heavy atom. The van der Waals surface area contributed by atoms with Gasteiger partial charge in [0.15, 0.2) is 5.13 Å². The minimum absolute atomic E-state index is 0.632. The number of hydrogen-bond acceptors (Lipinski definition) is 4. The third kappa shape index (κ3) is 4.28. The topological polar surface area (TPSA) is 50.9 Å². The van der Waals surface area contributed by atoms with E-state index in [0.29, 0.717) is 12.6 Å². The lowest BCUT2D eigenvalue weighted by Gasteiger charge is -2.20. The average molecular weight is 253 g/mol. The predicted molar refractivity (Wildman–Crippen MR) is 74.6 cm³/mol. The van der Waals surface area contributed by atoms with Gasteiger partial charge in [0.2, 0.25) is 0 Å². The largest absolute Gasteiger partial charge is 0.359 e. The number of thiazole rings is 1. The number of anilines is 1. The van der Waals surface area contributed by atoms with Crippen molar-refractivity contribution in [3.63, 3.8) is 0 Å². The van der Waals surface area contributed by atoms with Crippen LogP contribution in [-0.4, -0.2) is 17.6 Å². The molecule has 0 spiro atoms.